The Morgan fingerprint density at radius 3 is 2.64 bits per heavy atom. The zero-order valence-corrected chi connectivity index (χ0v) is 18.0. The van der Waals surface area contributed by atoms with Crippen molar-refractivity contribution in [3.8, 4) is 5.69 Å². The fourth-order valence-corrected chi connectivity index (χ4v) is 3.64. The van der Waals surface area contributed by atoms with E-state index in [1.54, 1.807) is 0 Å². The van der Waals surface area contributed by atoms with Crippen LogP contribution in [0.15, 0.2) is 47.2 Å². The number of hydrogen-bond donors (Lipinski definition) is 0. The third kappa shape index (κ3) is 3.86. The molecule has 2 aromatic heterocycles. The average molecular weight is 418 g/mol. The molecule has 0 aliphatic rings. The van der Waals surface area contributed by atoms with E-state index >= 15 is 0 Å². The molecule has 1 aromatic carbocycles. The van der Waals surface area contributed by atoms with Crippen molar-refractivity contribution in [2.24, 2.45) is 0 Å². The van der Waals surface area contributed by atoms with Gasteiger partial charge in [0.25, 0.3) is 0 Å². The van der Waals surface area contributed by atoms with E-state index in [4.69, 9.17) is 4.43 Å². The maximum atomic E-state index is 6.30. The standard InChI is InChI=1S/C19H24BrN3OSi/c1-19(2,3)25(4,5)24-13-16-11-17(8-9-21-16)23-18-10-15(20)7-6-14(18)12-22-23/h6-12H,13H2,1-5H3. The van der Waals surface area contributed by atoms with Gasteiger partial charge in [0.2, 0.25) is 0 Å². The summed E-state index contributed by atoms with van der Waals surface area (Å²) in [5, 5.41) is 5.83. The van der Waals surface area contributed by atoms with Crippen molar-refractivity contribution in [2.45, 2.75) is 45.5 Å². The maximum absolute atomic E-state index is 6.30. The van der Waals surface area contributed by atoms with Crippen LogP contribution in [0.1, 0.15) is 26.5 Å². The molecule has 0 aliphatic heterocycles. The van der Waals surface area contributed by atoms with E-state index < -0.39 is 8.32 Å². The molecule has 0 saturated heterocycles. The summed E-state index contributed by atoms with van der Waals surface area (Å²) >= 11 is 3.53. The minimum absolute atomic E-state index is 0.190. The van der Waals surface area contributed by atoms with Gasteiger partial charge in [0, 0.05) is 16.1 Å². The van der Waals surface area contributed by atoms with Crippen molar-refractivity contribution >= 4 is 35.2 Å². The van der Waals surface area contributed by atoms with Crippen LogP contribution >= 0.6 is 15.9 Å². The SMILES string of the molecule is CC(C)(C)[Si](C)(C)OCc1cc(-n2ncc3ccc(Br)cc32)ccn1. The van der Waals surface area contributed by atoms with E-state index in [1.807, 2.05) is 29.2 Å². The van der Waals surface area contributed by atoms with Crippen molar-refractivity contribution in [3.63, 3.8) is 0 Å². The van der Waals surface area contributed by atoms with E-state index in [0.717, 1.165) is 26.8 Å². The van der Waals surface area contributed by atoms with Gasteiger partial charge in [0.15, 0.2) is 8.32 Å². The molecule has 4 nitrogen and oxygen atoms in total. The molecule has 3 rings (SSSR count). The van der Waals surface area contributed by atoms with Crippen molar-refractivity contribution in [2.75, 3.05) is 0 Å². The molecule has 25 heavy (non-hydrogen) atoms. The van der Waals surface area contributed by atoms with Crippen LogP contribution in [-0.2, 0) is 11.0 Å². The molecule has 0 unspecified atom stereocenters. The Morgan fingerprint density at radius 1 is 1.16 bits per heavy atom. The third-order valence-corrected chi connectivity index (χ3v) is 9.94. The van der Waals surface area contributed by atoms with Crippen molar-refractivity contribution < 1.29 is 4.43 Å². The fraction of sp³-hybridized carbons (Fsp3) is 0.368. The van der Waals surface area contributed by atoms with Gasteiger partial charge in [-0.25, -0.2) is 4.68 Å². The molecule has 0 bridgehead atoms. The van der Waals surface area contributed by atoms with Crippen LogP contribution < -0.4 is 0 Å². The molecule has 0 amide bonds. The van der Waals surface area contributed by atoms with Gasteiger partial charge in [-0.05, 0) is 42.4 Å². The Morgan fingerprint density at radius 2 is 1.92 bits per heavy atom. The molecule has 0 fully saturated rings. The number of rotatable bonds is 4. The summed E-state index contributed by atoms with van der Waals surface area (Å²) in [7, 11) is -1.79. The first-order chi connectivity index (χ1) is 11.7. The molecule has 0 radical (unpaired) electrons. The normalized spacial score (nSPS) is 12.7. The molecule has 2 heterocycles. The van der Waals surface area contributed by atoms with Gasteiger partial charge in [-0.1, -0.05) is 42.8 Å². The lowest BCUT2D eigenvalue weighted by atomic mass is 10.2. The smallest absolute Gasteiger partial charge is 0.192 e. The second-order valence-electron chi connectivity index (χ2n) is 7.81. The molecule has 0 aliphatic carbocycles. The quantitative estimate of drug-likeness (QED) is 0.510. The summed E-state index contributed by atoms with van der Waals surface area (Å²) in [5.41, 5.74) is 3.00. The van der Waals surface area contributed by atoms with Gasteiger partial charge >= 0.3 is 0 Å². The molecule has 6 heteroatoms. The summed E-state index contributed by atoms with van der Waals surface area (Å²) in [4.78, 5) is 4.48. The molecule has 0 atom stereocenters. The van der Waals surface area contributed by atoms with Gasteiger partial charge in [0.05, 0.1) is 29.7 Å². The predicted octanol–water partition coefficient (Wildman–Crippen LogP) is 5.70. The van der Waals surface area contributed by atoms with Gasteiger partial charge < -0.3 is 4.43 Å². The number of benzene rings is 1. The van der Waals surface area contributed by atoms with Crippen LogP contribution in [0.4, 0.5) is 0 Å². The maximum Gasteiger partial charge on any atom is 0.192 e. The minimum atomic E-state index is -1.79. The highest BCUT2D eigenvalue weighted by Crippen LogP contribution is 2.37. The van der Waals surface area contributed by atoms with Crippen LogP contribution in [0.3, 0.4) is 0 Å². The first kappa shape index (κ1) is 18.3. The number of pyridine rings is 1. The first-order valence-electron chi connectivity index (χ1n) is 8.40. The van der Waals surface area contributed by atoms with Crippen LogP contribution in [0.25, 0.3) is 16.6 Å². The molecular weight excluding hydrogens is 394 g/mol. The van der Waals surface area contributed by atoms with E-state index in [1.165, 1.54) is 0 Å². The highest BCUT2D eigenvalue weighted by atomic mass is 79.9. The number of nitrogens with zero attached hydrogens (tertiary/aromatic N) is 3. The van der Waals surface area contributed by atoms with Crippen LogP contribution in [0.5, 0.6) is 0 Å². The van der Waals surface area contributed by atoms with Gasteiger partial charge in [-0.15, -0.1) is 0 Å². The third-order valence-electron chi connectivity index (χ3n) is 4.96. The Bertz CT molecular complexity index is 899. The number of aromatic nitrogens is 3. The van der Waals surface area contributed by atoms with Crippen molar-refractivity contribution in [1.82, 2.24) is 14.8 Å². The number of hydrogen-bond acceptors (Lipinski definition) is 3. The number of fused-ring (bicyclic) bond motifs is 1. The molecule has 0 spiro atoms. The summed E-state index contributed by atoms with van der Waals surface area (Å²) in [6.07, 6.45) is 3.71. The monoisotopic (exact) mass is 417 g/mol. The molecule has 0 N–H and O–H groups in total. The van der Waals surface area contributed by atoms with E-state index in [0.29, 0.717) is 6.61 Å². The Labute approximate surface area is 158 Å². The lowest BCUT2D eigenvalue weighted by Crippen LogP contribution is -2.40. The fourth-order valence-electron chi connectivity index (χ4n) is 2.34. The van der Waals surface area contributed by atoms with E-state index in [9.17, 15) is 0 Å². The highest BCUT2D eigenvalue weighted by Gasteiger charge is 2.37. The summed E-state index contributed by atoms with van der Waals surface area (Å²) in [5.74, 6) is 0. The van der Waals surface area contributed by atoms with Gasteiger partial charge in [-0.3, -0.25) is 4.98 Å². The number of halogens is 1. The van der Waals surface area contributed by atoms with Crippen LogP contribution in [-0.4, -0.2) is 23.1 Å². The van der Waals surface area contributed by atoms with Crippen molar-refractivity contribution in [1.29, 1.82) is 0 Å². The van der Waals surface area contributed by atoms with E-state index in [2.05, 4.69) is 78.1 Å². The summed E-state index contributed by atoms with van der Waals surface area (Å²) < 4.78 is 9.28. The Kier molecular flexibility index (Phi) is 4.88. The van der Waals surface area contributed by atoms with E-state index in [-0.39, 0.29) is 5.04 Å². The van der Waals surface area contributed by atoms with Crippen LogP contribution in [0, 0.1) is 0 Å². The topological polar surface area (TPSA) is 39.9 Å². The highest BCUT2D eigenvalue weighted by molar-refractivity contribution is 9.10. The molecule has 0 saturated carbocycles. The molecule has 3 aromatic rings. The van der Waals surface area contributed by atoms with Gasteiger partial charge in [-0.2, -0.15) is 5.10 Å². The summed E-state index contributed by atoms with van der Waals surface area (Å²) in [6, 6.07) is 10.2. The second-order valence-corrected chi connectivity index (χ2v) is 13.5. The van der Waals surface area contributed by atoms with Crippen molar-refractivity contribution in [3.05, 3.63) is 52.9 Å². The largest absolute Gasteiger partial charge is 0.411 e. The molecule has 132 valence electrons. The van der Waals surface area contributed by atoms with Crippen LogP contribution in [0.2, 0.25) is 18.1 Å². The predicted molar refractivity (Wildman–Crippen MR) is 109 cm³/mol. The summed E-state index contributed by atoms with van der Waals surface area (Å²) in [6.45, 7) is 11.8. The first-order valence-corrected chi connectivity index (χ1v) is 12.1. The lowest BCUT2D eigenvalue weighted by Gasteiger charge is -2.36. The second kappa shape index (κ2) is 6.66. The molecular formula is C19H24BrN3OSi. The Balaban J connectivity index is 1.88. The minimum Gasteiger partial charge on any atom is -0.411 e. The zero-order valence-electron chi connectivity index (χ0n) is 15.4. The lowest BCUT2D eigenvalue weighted by molar-refractivity contribution is 0.272. The zero-order chi connectivity index (χ0) is 18.2. The van der Waals surface area contributed by atoms with Gasteiger partial charge in [0.1, 0.15) is 0 Å². The average Bonchev–Trinajstić information content (AvgIpc) is 2.95. The Hall–Kier alpha value is -1.50.